The van der Waals surface area contributed by atoms with E-state index in [1.807, 2.05) is 42.5 Å². The molecule has 0 saturated carbocycles. The van der Waals surface area contributed by atoms with Gasteiger partial charge in [-0.1, -0.05) is 50.3 Å². The van der Waals surface area contributed by atoms with Gasteiger partial charge in [0.05, 0.1) is 0 Å². The van der Waals surface area contributed by atoms with Gasteiger partial charge < -0.3 is 5.32 Å². The lowest BCUT2D eigenvalue weighted by Gasteiger charge is -2.07. The standard InChI is InChI=1S/C14H17N3/c1-12(2)10-16-14(17-11-15)9-8-13-6-4-3-5-7-13/h3-9,12H,10H2,1-2H3,(H,16,17)/b9-8+. The van der Waals surface area contributed by atoms with E-state index in [0.29, 0.717) is 11.8 Å². The lowest BCUT2D eigenvalue weighted by molar-refractivity contribution is 0.626. The molecule has 0 aliphatic heterocycles. The summed E-state index contributed by atoms with van der Waals surface area (Å²) >= 11 is 0. The van der Waals surface area contributed by atoms with Crippen LogP contribution >= 0.6 is 0 Å². The Labute approximate surface area is 102 Å². The van der Waals surface area contributed by atoms with Gasteiger partial charge in [-0.3, -0.25) is 0 Å². The molecule has 0 aliphatic rings. The minimum Gasteiger partial charge on any atom is -0.369 e. The molecule has 0 aliphatic carbocycles. The molecule has 0 aromatic heterocycles. The number of nitriles is 1. The first-order valence-corrected chi connectivity index (χ1v) is 5.66. The van der Waals surface area contributed by atoms with Crippen molar-refractivity contribution in [3.05, 3.63) is 42.0 Å². The van der Waals surface area contributed by atoms with E-state index in [-0.39, 0.29) is 0 Å². The molecular formula is C14H17N3. The van der Waals surface area contributed by atoms with Gasteiger partial charge in [-0.05, 0) is 17.6 Å². The van der Waals surface area contributed by atoms with Crippen LogP contribution in [0.3, 0.4) is 0 Å². The monoisotopic (exact) mass is 227 g/mol. The highest BCUT2D eigenvalue weighted by Gasteiger charge is 1.96. The summed E-state index contributed by atoms with van der Waals surface area (Å²) in [5.41, 5.74) is 1.09. The summed E-state index contributed by atoms with van der Waals surface area (Å²) < 4.78 is 0. The molecule has 0 saturated heterocycles. The molecule has 0 radical (unpaired) electrons. The number of nitrogens with zero attached hydrogens (tertiary/aromatic N) is 2. The van der Waals surface area contributed by atoms with Crippen LogP contribution in [0.1, 0.15) is 19.4 Å². The van der Waals surface area contributed by atoms with E-state index in [9.17, 15) is 0 Å². The summed E-state index contributed by atoms with van der Waals surface area (Å²) in [7, 11) is 0. The van der Waals surface area contributed by atoms with Gasteiger partial charge in [-0.25, -0.2) is 0 Å². The number of nitrogens with one attached hydrogen (secondary N) is 1. The van der Waals surface area contributed by atoms with Crippen molar-refractivity contribution in [3.8, 4) is 6.19 Å². The number of hydrogen-bond donors (Lipinski definition) is 1. The number of amidine groups is 1. The normalized spacial score (nSPS) is 11.8. The topological polar surface area (TPSA) is 48.2 Å². The molecule has 0 heterocycles. The quantitative estimate of drug-likeness (QED) is 0.488. The first-order chi connectivity index (χ1) is 8.22. The molecule has 88 valence electrons. The summed E-state index contributed by atoms with van der Waals surface area (Å²) in [6.45, 7) is 5.02. The number of rotatable bonds is 4. The number of hydrogen-bond acceptors (Lipinski definition) is 2. The highest BCUT2D eigenvalue weighted by molar-refractivity contribution is 5.96. The van der Waals surface area contributed by atoms with Crippen molar-refractivity contribution in [3.63, 3.8) is 0 Å². The molecule has 0 atom stereocenters. The second kappa shape index (κ2) is 7.24. The molecule has 3 nitrogen and oxygen atoms in total. The molecular weight excluding hydrogens is 210 g/mol. The number of benzene rings is 1. The molecule has 0 amide bonds. The second-order valence-corrected chi connectivity index (χ2v) is 4.12. The Balaban J connectivity index is 2.65. The van der Waals surface area contributed by atoms with Crippen LogP contribution in [0.2, 0.25) is 0 Å². The fourth-order valence-electron chi connectivity index (χ4n) is 1.24. The molecule has 3 heteroatoms. The van der Waals surface area contributed by atoms with Gasteiger partial charge in [0.25, 0.3) is 0 Å². The van der Waals surface area contributed by atoms with Gasteiger partial charge in [0.15, 0.2) is 0 Å². The Hall–Kier alpha value is -2.08. The van der Waals surface area contributed by atoms with Gasteiger partial charge in [-0.2, -0.15) is 10.3 Å². The Morgan fingerprint density at radius 1 is 1.41 bits per heavy atom. The minimum absolute atomic E-state index is 0.518. The molecule has 1 N–H and O–H groups in total. The fraction of sp³-hybridized carbons (Fsp3) is 0.286. The van der Waals surface area contributed by atoms with Crippen LogP contribution in [0.5, 0.6) is 0 Å². The van der Waals surface area contributed by atoms with E-state index in [1.54, 1.807) is 6.19 Å². The zero-order chi connectivity index (χ0) is 12.5. The van der Waals surface area contributed by atoms with Gasteiger partial charge in [-0.15, -0.1) is 0 Å². The zero-order valence-electron chi connectivity index (χ0n) is 10.2. The molecule has 0 bridgehead atoms. The first-order valence-electron chi connectivity index (χ1n) is 5.66. The van der Waals surface area contributed by atoms with Crippen molar-refractivity contribution in [1.29, 1.82) is 5.26 Å². The van der Waals surface area contributed by atoms with Crippen molar-refractivity contribution >= 4 is 11.9 Å². The van der Waals surface area contributed by atoms with E-state index in [4.69, 9.17) is 5.26 Å². The first kappa shape index (κ1) is 13.0. The van der Waals surface area contributed by atoms with E-state index < -0.39 is 0 Å². The third-order valence-electron chi connectivity index (χ3n) is 2.10. The maximum absolute atomic E-state index is 8.59. The van der Waals surface area contributed by atoms with Crippen LogP contribution in [0.25, 0.3) is 6.08 Å². The third-order valence-corrected chi connectivity index (χ3v) is 2.10. The average Bonchev–Trinajstić information content (AvgIpc) is 2.34. The van der Waals surface area contributed by atoms with Gasteiger partial charge >= 0.3 is 0 Å². The van der Waals surface area contributed by atoms with Crippen LogP contribution in [0, 0.1) is 17.4 Å². The lowest BCUT2D eigenvalue weighted by atomic mass is 10.2. The zero-order valence-corrected chi connectivity index (χ0v) is 10.2. The summed E-state index contributed by atoms with van der Waals surface area (Å²) in [5.74, 6) is 1.12. The van der Waals surface area contributed by atoms with Crippen LogP contribution in [-0.2, 0) is 0 Å². The smallest absolute Gasteiger partial charge is 0.207 e. The van der Waals surface area contributed by atoms with Crippen molar-refractivity contribution in [2.24, 2.45) is 10.9 Å². The summed E-state index contributed by atoms with van der Waals surface area (Å²) in [4.78, 5) is 3.74. The summed E-state index contributed by atoms with van der Waals surface area (Å²) in [5, 5.41) is 11.7. The predicted molar refractivity (Wildman–Crippen MR) is 71.4 cm³/mol. The lowest BCUT2D eigenvalue weighted by Crippen LogP contribution is -2.25. The summed E-state index contributed by atoms with van der Waals surface area (Å²) in [6, 6.07) is 9.93. The highest BCUT2D eigenvalue weighted by Crippen LogP contribution is 2.01. The van der Waals surface area contributed by atoms with Crippen LogP contribution in [0.4, 0.5) is 0 Å². The molecule has 1 aromatic carbocycles. The van der Waals surface area contributed by atoms with E-state index >= 15 is 0 Å². The van der Waals surface area contributed by atoms with Gasteiger partial charge in [0.2, 0.25) is 6.19 Å². The second-order valence-electron chi connectivity index (χ2n) is 4.12. The Bertz CT molecular complexity index is 425. The van der Waals surface area contributed by atoms with E-state index in [2.05, 4.69) is 24.2 Å². The Morgan fingerprint density at radius 2 is 2.12 bits per heavy atom. The summed E-state index contributed by atoms with van der Waals surface area (Å²) in [6.07, 6.45) is 5.56. The maximum atomic E-state index is 8.59. The number of aliphatic imine (C=N–C) groups is 1. The molecule has 0 spiro atoms. The van der Waals surface area contributed by atoms with Gasteiger partial charge in [0.1, 0.15) is 5.84 Å². The fourth-order valence-corrected chi connectivity index (χ4v) is 1.24. The largest absolute Gasteiger partial charge is 0.369 e. The Morgan fingerprint density at radius 3 is 2.71 bits per heavy atom. The van der Waals surface area contributed by atoms with Crippen LogP contribution in [0.15, 0.2) is 41.4 Å². The molecule has 0 unspecified atom stereocenters. The van der Waals surface area contributed by atoms with Crippen LogP contribution in [-0.4, -0.2) is 12.4 Å². The van der Waals surface area contributed by atoms with E-state index in [0.717, 1.165) is 12.1 Å². The van der Waals surface area contributed by atoms with Crippen molar-refractivity contribution in [2.75, 3.05) is 6.54 Å². The molecule has 1 aromatic rings. The van der Waals surface area contributed by atoms with Crippen molar-refractivity contribution in [2.45, 2.75) is 13.8 Å². The SMILES string of the molecule is CC(C)CNC(/C=C/c1ccccc1)=N/C#N. The van der Waals surface area contributed by atoms with E-state index in [1.165, 1.54) is 0 Å². The minimum atomic E-state index is 0.518. The average molecular weight is 227 g/mol. The Kier molecular flexibility index (Phi) is 5.53. The van der Waals surface area contributed by atoms with Gasteiger partial charge in [0, 0.05) is 6.54 Å². The molecule has 1 rings (SSSR count). The molecule has 17 heavy (non-hydrogen) atoms. The van der Waals surface area contributed by atoms with Crippen molar-refractivity contribution < 1.29 is 0 Å². The van der Waals surface area contributed by atoms with Crippen molar-refractivity contribution in [1.82, 2.24) is 5.32 Å². The maximum Gasteiger partial charge on any atom is 0.207 e. The predicted octanol–water partition coefficient (Wildman–Crippen LogP) is 2.82. The highest BCUT2D eigenvalue weighted by atomic mass is 15.0. The molecule has 0 fully saturated rings. The third kappa shape index (κ3) is 5.53. The van der Waals surface area contributed by atoms with Crippen LogP contribution < -0.4 is 5.32 Å².